The van der Waals surface area contributed by atoms with E-state index in [9.17, 15) is 0 Å². The number of piperidine rings is 1. The summed E-state index contributed by atoms with van der Waals surface area (Å²) in [7, 11) is 0. The zero-order valence-corrected chi connectivity index (χ0v) is 8.59. The maximum absolute atomic E-state index is 3.55. The maximum Gasteiger partial charge on any atom is 0.000781 e. The second-order valence-electron chi connectivity index (χ2n) is 4.34. The van der Waals surface area contributed by atoms with Crippen molar-refractivity contribution in [1.82, 2.24) is 5.32 Å². The van der Waals surface area contributed by atoms with Crippen LogP contribution in [0.2, 0.25) is 0 Å². The highest BCUT2D eigenvalue weighted by molar-refractivity contribution is 5.85. The van der Waals surface area contributed by atoms with Gasteiger partial charge in [-0.15, -0.1) is 12.4 Å². The molecule has 1 aliphatic heterocycles. The molecular weight excluding hydrogens is 170 g/mol. The molecule has 1 saturated carbocycles. The first-order valence-corrected chi connectivity index (χ1v) is 5.12. The van der Waals surface area contributed by atoms with E-state index >= 15 is 0 Å². The smallest absolute Gasteiger partial charge is 0.000781 e. The number of hydrogen-bond acceptors (Lipinski definition) is 1. The number of hydrogen-bond donors (Lipinski definition) is 1. The summed E-state index contributed by atoms with van der Waals surface area (Å²) in [4.78, 5) is 0. The first-order chi connectivity index (χ1) is 5.41. The molecule has 0 aromatic rings. The lowest BCUT2D eigenvalue weighted by Gasteiger charge is -2.40. The molecule has 2 aliphatic rings. The van der Waals surface area contributed by atoms with Crippen LogP contribution in [-0.4, -0.2) is 13.1 Å². The summed E-state index contributed by atoms with van der Waals surface area (Å²) in [5.41, 5.74) is 0.747. The van der Waals surface area contributed by atoms with Gasteiger partial charge in [-0.25, -0.2) is 0 Å². The molecule has 0 bridgehead atoms. The molecule has 1 aliphatic carbocycles. The van der Waals surface area contributed by atoms with Crippen molar-refractivity contribution in [3.63, 3.8) is 0 Å². The van der Waals surface area contributed by atoms with Gasteiger partial charge in [-0.1, -0.05) is 19.3 Å². The van der Waals surface area contributed by atoms with Crippen molar-refractivity contribution >= 4 is 12.4 Å². The fourth-order valence-corrected chi connectivity index (χ4v) is 2.76. The van der Waals surface area contributed by atoms with Gasteiger partial charge in [0, 0.05) is 6.54 Å². The SMILES string of the molecule is C1CCC2(CC1)CCCNC2.Cl. The molecule has 2 heteroatoms. The molecular formula is C10H20ClN. The molecule has 12 heavy (non-hydrogen) atoms. The zero-order chi connectivity index (χ0) is 7.57. The van der Waals surface area contributed by atoms with E-state index in [4.69, 9.17) is 0 Å². The highest BCUT2D eigenvalue weighted by Crippen LogP contribution is 2.40. The normalized spacial score (nSPS) is 28.0. The van der Waals surface area contributed by atoms with Gasteiger partial charge in [-0.3, -0.25) is 0 Å². The van der Waals surface area contributed by atoms with E-state index in [-0.39, 0.29) is 12.4 Å². The van der Waals surface area contributed by atoms with Crippen molar-refractivity contribution in [3.05, 3.63) is 0 Å². The Morgan fingerprint density at radius 1 is 0.833 bits per heavy atom. The molecule has 0 amide bonds. The van der Waals surface area contributed by atoms with Crippen LogP contribution in [0.5, 0.6) is 0 Å². The number of nitrogens with one attached hydrogen (secondary N) is 1. The van der Waals surface area contributed by atoms with Gasteiger partial charge in [0.1, 0.15) is 0 Å². The van der Waals surface area contributed by atoms with Crippen molar-refractivity contribution in [3.8, 4) is 0 Å². The van der Waals surface area contributed by atoms with Crippen molar-refractivity contribution in [2.24, 2.45) is 5.41 Å². The molecule has 0 atom stereocenters. The summed E-state index contributed by atoms with van der Waals surface area (Å²) in [6.45, 7) is 2.58. The first kappa shape index (κ1) is 10.3. The Morgan fingerprint density at radius 2 is 1.50 bits per heavy atom. The van der Waals surface area contributed by atoms with Gasteiger partial charge in [0.25, 0.3) is 0 Å². The van der Waals surface area contributed by atoms with Crippen molar-refractivity contribution in [1.29, 1.82) is 0 Å². The van der Waals surface area contributed by atoms with Gasteiger partial charge < -0.3 is 5.32 Å². The Hall–Kier alpha value is 0.250. The topological polar surface area (TPSA) is 12.0 Å². The second-order valence-corrected chi connectivity index (χ2v) is 4.34. The monoisotopic (exact) mass is 189 g/mol. The van der Waals surface area contributed by atoms with E-state index in [1.807, 2.05) is 0 Å². The highest BCUT2D eigenvalue weighted by Gasteiger charge is 2.32. The standard InChI is InChI=1S/C10H19N.ClH/c1-2-5-10(6-3-1)7-4-8-11-9-10;/h11H,1-9H2;1H. The zero-order valence-electron chi connectivity index (χ0n) is 7.77. The molecule has 0 radical (unpaired) electrons. The summed E-state index contributed by atoms with van der Waals surface area (Å²) < 4.78 is 0. The van der Waals surface area contributed by atoms with Crippen molar-refractivity contribution < 1.29 is 0 Å². The third-order valence-corrected chi connectivity index (χ3v) is 3.47. The minimum Gasteiger partial charge on any atom is -0.316 e. The van der Waals surface area contributed by atoms with Gasteiger partial charge >= 0.3 is 0 Å². The molecule has 2 rings (SSSR count). The summed E-state index contributed by atoms with van der Waals surface area (Å²) >= 11 is 0. The second kappa shape index (κ2) is 4.48. The third kappa shape index (κ3) is 2.14. The van der Waals surface area contributed by atoms with E-state index in [0.29, 0.717) is 0 Å². The van der Waals surface area contributed by atoms with Gasteiger partial charge in [0.15, 0.2) is 0 Å². The average molecular weight is 190 g/mol. The molecule has 0 aromatic carbocycles. The van der Waals surface area contributed by atoms with Crippen molar-refractivity contribution in [2.45, 2.75) is 44.9 Å². The third-order valence-electron chi connectivity index (χ3n) is 3.47. The summed E-state index contributed by atoms with van der Waals surface area (Å²) in [5, 5.41) is 3.55. The lowest BCUT2D eigenvalue weighted by atomic mass is 9.70. The van der Waals surface area contributed by atoms with Crippen LogP contribution in [0.4, 0.5) is 0 Å². The molecule has 0 unspecified atom stereocenters. The Kier molecular flexibility index (Phi) is 3.85. The summed E-state index contributed by atoms with van der Waals surface area (Å²) in [6.07, 6.45) is 10.4. The Morgan fingerprint density at radius 3 is 2.08 bits per heavy atom. The molecule has 2 fully saturated rings. The first-order valence-electron chi connectivity index (χ1n) is 5.12. The van der Waals surface area contributed by atoms with Crippen LogP contribution in [-0.2, 0) is 0 Å². The lowest BCUT2D eigenvalue weighted by Crippen LogP contribution is -2.41. The fourth-order valence-electron chi connectivity index (χ4n) is 2.76. The molecule has 1 saturated heterocycles. The number of rotatable bonds is 0. The minimum absolute atomic E-state index is 0. The Balaban J connectivity index is 0.000000720. The van der Waals surface area contributed by atoms with E-state index in [1.165, 1.54) is 58.0 Å². The molecule has 1 spiro atoms. The Bertz CT molecular complexity index is 104. The quantitative estimate of drug-likeness (QED) is 0.618. The predicted octanol–water partition coefficient (Wildman–Crippen LogP) is 2.74. The van der Waals surface area contributed by atoms with E-state index in [0.717, 1.165) is 5.41 Å². The van der Waals surface area contributed by atoms with Crippen LogP contribution in [0.25, 0.3) is 0 Å². The van der Waals surface area contributed by atoms with Crippen LogP contribution in [0.3, 0.4) is 0 Å². The fraction of sp³-hybridized carbons (Fsp3) is 1.00. The van der Waals surface area contributed by atoms with E-state index in [2.05, 4.69) is 5.32 Å². The van der Waals surface area contributed by atoms with Crippen LogP contribution in [0.1, 0.15) is 44.9 Å². The summed E-state index contributed by atoms with van der Waals surface area (Å²) in [6, 6.07) is 0. The molecule has 0 aromatic heterocycles. The predicted molar refractivity (Wildman–Crippen MR) is 54.9 cm³/mol. The maximum atomic E-state index is 3.55. The molecule has 1 N–H and O–H groups in total. The largest absolute Gasteiger partial charge is 0.316 e. The van der Waals surface area contributed by atoms with E-state index in [1.54, 1.807) is 0 Å². The molecule has 72 valence electrons. The van der Waals surface area contributed by atoms with Crippen LogP contribution < -0.4 is 5.32 Å². The summed E-state index contributed by atoms with van der Waals surface area (Å²) in [5.74, 6) is 0. The van der Waals surface area contributed by atoms with Crippen molar-refractivity contribution in [2.75, 3.05) is 13.1 Å². The average Bonchev–Trinajstić information content (AvgIpc) is 2.07. The lowest BCUT2D eigenvalue weighted by molar-refractivity contribution is 0.140. The number of halogens is 1. The minimum atomic E-state index is 0. The Labute approximate surface area is 81.7 Å². The van der Waals surface area contributed by atoms with Gasteiger partial charge in [-0.05, 0) is 37.6 Å². The highest BCUT2D eigenvalue weighted by atomic mass is 35.5. The van der Waals surface area contributed by atoms with E-state index < -0.39 is 0 Å². The van der Waals surface area contributed by atoms with Crippen LogP contribution >= 0.6 is 12.4 Å². The van der Waals surface area contributed by atoms with Gasteiger partial charge in [0.2, 0.25) is 0 Å². The van der Waals surface area contributed by atoms with Gasteiger partial charge in [0.05, 0.1) is 0 Å². The molecule has 1 heterocycles. The van der Waals surface area contributed by atoms with Crippen LogP contribution in [0.15, 0.2) is 0 Å². The van der Waals surface area contributed by atoms with Gasteiger partial charge in [-0.2, -0.15) is 0 Å². The molecule has 1 nitrogen and oxygen atoms in total. The van der Waals surface area contributed by atoms with Crippen LogP contribution in [0, 0.1) is 5.41 Å².